The molecule has 0 amide bonds. The molecule has 221 valence electrons. The van der Waals surface area contributed by atoms with E-state index in [1.165, 1.54) is 17.0 Å². The maximum Gasteiger partial charge on any atom is 0 e. The summed E-state index contributed by atoms with van der Waals surface area (Å²) >= 11 is -2.56. The van der Waals surface area contributed by atoms with Gasteiger partial charge in [-0.1, -0.05) is 27.7 Å². The van der Waals surface area contributed by atoms with Crippen molar-refractivity contribution < 1.29 is 32.7 Å². The maximum atomic E-state index is 11.7. The summed E-state index contributed by atoms with van der Waals surface area (Å²) in [6, 6.07) is 17.7. The van der Waals surface area contributed by atoms with E-state index in [0.29, 0.717) is 5.92 Å². The Morgan fingerprint density at radius 2 is 1.60 bits per heavy atom. The van der Waals surface area contributed by atoms with Crippen LogP contribution >= 0.6 is 0 Å². The van der Waals surface area contributed by atoms with Gasteiger partial charge < -0.3 is 5.11 Å². The summed E-state index contributed by atoms with van der Waals surface area (Å²) in [7, 11) is 0. The molecule has 1 aromatic heterocycles. The van der Waals surface area contributed by atoms with Crippen LogP contribution in [0.5, 0.6) is 0 Å². The van der Waals surface area contributed by atoms with Crippen LogP contribution in [0.15, 0.2) is 60.5 Å². The van der Waals surface area contributed by atoms with E-state index in [0.717, 1.165) is 47.9 Å². The molecule has 0 spiro atoms. The molecule has 5 heteroatoms. The second-order valence-corrected chi connectivity index (χ2v) is 21.6. The molecule has 3 nitrogen and oxygen atoms in total. The van der Waals surface area contributed by atoms with Crippen molar-refractivity contribution in [3.8, 4) is 11.3 Å². The van der Waals surface area contributed by atoms with Gasteiger partial charge in [-0.05, 0) is 25.7 Å². The predicted molar refractivity (Wildman–Crippen MR) is 171 cm³/mol. The van der Waals surface area contributed by atoms with Crippen LogP contribution in [0.3, 0.4) is 0 Å². The number of hydrogen-bond acceptors (Lipinski definition) is 3. The minimum atomic E-state index is -2.56. The van der Waals surface area contributed by atoms with Crippen LogP contribution in [0.25, 0.3) is 22.0 Å². The zero-order valence-electron chi connectivity index (χ0n) is 27.9. The van der Waals surface area contributed by atoms with Gasteiger partial charge in [-0.3, -0.25) is 4.79 Å². The maximum absolute atomic E-state index is 11.7. The molecule has 0 saturated heterocycles. The molecule has 0 aliphatic heterocycles. The molecule has 0 bridgehead atoms. The van der Waals surface area contributed by atoms with E-state index < -0.39 is 18.5 Å². The van der Waals surface area contributed by atoms with Crippen molar-refractivity contribution in [2.24, 2.45) is 11.8 Å². The first-order valence-electron chi connectivity index (χ1n) is 15.6. The Morgan fingerprint density at radius 1 is 1.00 bits per heavy atom. The molecule has 1 heterocycles. The topological polar surface area (TPSA) is 50.2 Å². The van der Waals surface area contributed by atoms with Gasteiger partial charge in [-0.25, -0.2) is 0 Å². The molecule has 40 heavy (non-hydrogen) atoms. The third-order valence-electron chi connectivity index (χ3n) is 7.07. The number of pyridine rings is 1. The Bertz CT molecular complexity index is 1330. The molecule has 2 aromatic carbocycles. The minimum absolute atomic E-state index is 0. The number of carbonyl (C=O) groups is 1. The number of carbonyl (C=O) groups excluding carboxylic acids is 1. The minimum Gasteiger partial charge on any atom is 0 e. The quantitative estimate of drug-likeness (QED) is 0.0912. The number of benzene rings is 2. The summed E-state index contributed by atoms with van der Waals surface area (Å²) in [6.45, 7) is 12.5. The van der Waals surface area contributed by atoms with Gasteiger partial charge >= 0.3 is 151 Å². The standard InChI is InChI=1S/C22H26GeN.C13H24O2.Ir/c1-16(2)21-14-19(13-18-8-6-7-9-20(18)21)22-12-17(10-11-24-22)15-23(3,4)5;1-5-10(6-2)12(14)9-13(15)11(7-3)8-4;/h6-12,14,16H,15H2,1-5H3;9-11,14H,5-8H2,1-4H3;/q-1;;/b;12-9-;/i15D2;;. The Labute approximate surface area is 262 Å². The summed E-state index contributed by atoms with van der Waals surface area (Å²) < 4.78 is 17.3. The van der Waals surface area contributed by atoms with Gasteiger partial charge in [0.15, 0.2) is 5.78 Å². The van der Waals surface area contributed by atoms with Gasteiger partial charge in [0.2, 0.25) is 0 Å². The van der Waals surface area contributed by atoms with Gasteiger partial charge in [0.25, 0.3) is 0 Å². The Balaban J connectivity index is 0.000000476. The molecule has 0 saturated carbocycles. The van der Waals surface area contributed by atoms with E-state index in [1.807, 2.05) is 45.9 Å². The summed E-state index contributed by atoms with van der Waals surface area (Å²) in [6.07, 6.45) is 6.64. The number of aromatic nitrogens is 1. The van der Waals surface area contributed by atoms with Crippen LogP contribution < -0.4 is 0 Å². The first kappa shape index (κ1) is 32.8. The molecule has 1 N–H and O–H groups in total. The second-order valence-electron chi connectivity index (χ2n) is 11.6. The van der Waals surface area contributed by atoms with Gasteiger partial charge in [0.1, 0.15) is 0 Å². The van der Waals surface area contributed by atoms with E-state index in [9.17, 15) is 9.90 Å². The average molecular weight is 784 g/mol. The van der Waals surface area contributed by atoms with Crippen LogP contribution in [-0.2, 0) is 30.1 Å². The van der Waals surface area contributed by atoms with Crippen molar-refractivity contribution in [3.05, 3.63) is 77.7 Å². The number of ketones is 1. The zero-order valence-corrected chi connectivity index (χ0v) is 30.4. The van der Waals surface area contributed by atoms with E-state index >= 15 is 0 Å². The van der Waals surface area contributed by atoms with Gasteiger partial charge in [0.05, 0.1) is 5.76 Å². The monoisotopic (exact) mass is 785 g/mol. The van der Waals surface area contributed by atoms with Crippen LogP contribution in [0, 0.1) is 17.9 Å². The van der Waals surface area contributed by atoms with Crippen molar-refractivity contribution in [3.63, 3.8) is 0 Å². The third-order valence-corrected chi connectivity index (χ3v) is 9.25. The molecule has 0 aliphatic rings. The number of hydrogen-bond donors (Lipinski definition) is 1. The summed E-state index contributed by atoms with van der Waals surface area (Å²) in [5, 5.41) is 10.8. The fourth-order valence-corrected chi connectivity index (χ4v) is 6.89. The molecule has 0 aliphatic carbocycles. The fourth-order valence-electron chi connectivity index (χ4n) is 4.74. The third kappa shape index (κ3) is 10.9. The summed E-state index contributed by atoms with van der Waals surface area (Å²) in [5.74, 6) is 7.27. The van der Waals surface area contributed by atoms with Crippen molar-refractivity contribution in [1.82, 2.24) is 4.98 Å². The molecule has 3 rings (SSSR count). The van der Waals surface area contributed by atoms with Crippen molar-refractivity contribution in [2.75, 3.05) is 0 Å². The first-order valence-corrected chi connectivity index (χ1v) is 21.9. The molecular weight excluding hydrogens is 731 g/mol. The number of allylic oxidation sites excluding steroid dienone is 2. The Morgan fingerprint density at radius 3 is 2.15 bits per heavy atom. The zero-order chi connectivity index (χ0) is 31.0. The van der Waals surface area contributed by atoms with Crippen molar-refractivity contribution >= 4 is 29.8 Å². The van der Waals surface area contributed by atoms with Crippen LogP contribution in [0.1, 0.15) is 87.0 Å². The summed E-state index contributed by atoms with van der Waals surface area (Å²) in [4.78, 5) is 16.3. The second kappa shape index (κ2) is 17.3. The largest absolute Gasteiger partial charge is 0 e. The predicted octanol–water partition coefficient (Wildman–Crippen LogP) is 10.1. The SMILES string of the molecule is CCC(CC)C(=O)/C=C(\O)C(CC)CC.[2H][C]([2H])(c1ccnc(-c2[c-]c3ccccc3c(C(C)C)c2)c1)[Ge]([CH3])([CH3])[CH3].[Ir]. The van der Waals surface area contributed by atoms with E-state index in [2.05, 4.69) is 66.4 Å². The number of nitrogens with zero attached hydrogens (tertiary/aromatic N) is 1. The number of aliphatic hydroxyl groups is 1. The first-order chi connectivity index (χ1) is 19.2. The van der Waals surface area contributed by atoms with Gasteiger partial charge in [0, 0.05) is 38.0 Å². The van der Waals surface area contributed by atoms with Crippen LogP contribution in [0.4, 0.5) is 0 Å². The van der Waals surface area contributed by atoms with Gasteiger partial charge in [-0.15, -0.1) is 0 Å². The number of fused-ring (bicyclic) bond motifs is 1. The summed E-state index contributed by atoms with van der Waals surface area (Å²) in [5.41, 5.74) is 3.75. The van der Waals surface area contributed by atoms with E-state index in [4.69, 9.17) is 2.74 Å². The molecule has 3 aromatic rings. The van der Waals surface area contributed by atoms with Crippen molar-refractivity contribution in [2.45, 2.75) is 95.6 Å². The molecule has 0 atom stereocenters. The Hall–Kier alpha value is -1.75. The van der Waals surface area contributed by atoms with E-state index in [-0.39, 0.29) is 43.5 Å². The smallest absolute Gasteiger partial charge is 0 e. The van der Waals surface area contributed by atoms with Crippen LogP contribution in [-0.4, -0.2) is 29.1 Å². The average Bonchev–Trinajstić information content (AvgIpc) is 2.93. The molecule has 0 unspecified atom stereocenters. The molecule has 0 fully saturated rings. The fraction of sp³-hybridized carbons (Fsp3) is 0.486. The van der Waals surface area contributed by atoms with Gasteiger partial charge in [-0.2, -0.15) is 0 Å². The molecular formula is C35H50GeIrNO2-. The molecule has 1 radical (unpaired) electrons. The van der Waals surface area contributed by atoms with Crippen molar-refractivity contribution in [1.29, 1.82) is 0 Å². The number of rotatable bonds is 11. The number of aliphatic hydroxyl groups excluding tert-OH is 1. The Kier molecular flexibility index (Phi) is 14.1. The van der Waals surface area contributed by atoms with E-state index in [1.54, 1.807) is 6.20 Å². The van der Waals surface area contributed by atoms with Crippen LogP contribution in [0.2, 0.25) is 17.3 Å². The normalized spacial score (nSPS) is 13.1.